The van der Waals surface area contributed by atoms with Crippen molar-refractivity contribution in [3.63, 3.8) is 0 Å². The zero-order valence-electron chi connectivity index (χ0n) is 8.30. The summed E-state index contributed by atoms with van der Waals surface area (Å²) < 4.78 is 12.8. The van der Waals surface area contributed by atoms with E-state index in [1.807, 2.05) is 0 Å². The third-order valence-corrected chi connectivity index (χ3v) is 2.82. The summed E-state index contributed by atoms with van der Waals surface area (Å²) in [6.07, 6.45) is 4.61. The third-order valence-electron chi connectivity index (χ3n) is 1.88. The van der Waals surface area contributed by atoms with Gasteiger partial charge in [0.2, 0.25) is 0 Å². The van der Waals surface area contributed by atoms with E-state index in [0.29, 0.717) is 11.4 Å². The molecule has 2 heterocycles. The van der Waals surface area contributed by atoms with Crippen LogP contribution in [0, 0.1) is 0 Å². The Morgan fingerprint density at radius 2 is 2.19 bits per heavy atom. The van der Waals surface area contributed by atoms with Gasteiger partial charge in [-0.25, -0.2) is 14.4 Å². The van der Waals surface area contributed by atoms with Crippen molar-refractivity contribution >= 4 is 17.4 Å². The zero-order chi connectivity index (χ0) is 11.4. The lowest BCUT2D eigenvalue weighted by molar-refractivity contribution is 0.300. The number of aliphatic hydroxyl groups is 1. The van der Waals surface area contributed by atoms with Crippen LogP contribution in [0.2, 0.25) is 0 Å². The average Bonchev–Trinajstić information content (AvgIpc) is 2.78. The van der Waals surface area contributed by atoms with Gasteiger partial charge in [-0.2, -0.15) is 0 Å². The largest absolute Gasteiger partial charge is 0.389 e. The molecule has 0 aliphatic rings. The molecule has 0 aliphatic heterocycles. The molecule has 2 rings (SSSR count). The van der Waals surface area contributed by atoms with Crippen LogP contribution in [0.15, 0.2) is 35.7 Å². The standard InChI is InChI=1S/C11H9FN2OS/c12-9(6-15)4-8-5-10(16-7-8)11-13-2-1-3-14-11/h1-5,7,15H,6H2/b9-4+. The molecule has 0 spiro atoms. The first-order chi connectivity index (χ1) is 7.79. The van der Waals surface area contributed by atoms with Crippen LogP contribution in [0.4, 0.5) is 4.39 Å². The molecule has 0 radical (unpaired) electrons. The Labute approximate surface area is 95.9 Å². The maximum absolute atomic E-state index is 12.8. The summed E-state index contributed by atoms with van der Waals surface area (Å²) in [5, 5.41) is 10.3. The molecule has 3 nitrogen and oxygen atoms in total. The van der Waals surface area contributed by atoms with Gasteiger partial charge in [0.25, 0.3) is 0 Å². The smallest absolute Gasteiger partial charge is 0.169 e. The van der Waals surface area contributed by atoms with Gasteiger partial charge >= 0.3 is 0 Å². The van der Waals surface area contributed by atoms with Crippen molar-refractivity contribution in [2.24, 2.45) is 0 Å². The number of hydrogen-bond acceptors (Lipinski definition) is 4. The second kappa shape index (κ2) is 4.96. The fourth-order valence-corrected chi connectivity index (χ4v) is 2.01. The van der Waals surface area contributed by atoms with Gasteiger partial charge in [0.1, 0.15) is 5.83 Å². The Morgan fingerprint density at radius 3 is 2.88 bits per heavy atom. The lowest BCUT2D eigenvalue weighted by atomic mass is 10.2. The number of halogens is 1. The number of rotatable bonds is 3. The van der Waals surface area contributed by atoms with Crippen LogP contribution < -0.4 is 0 Å². The number of aromatic nitrogens is 2. The van der Waals surface area contributed by atoms with E-state index in [1.165, 1.54) is 17.4 Å². The molecule has 0 saturated heterocycles. The molecule has 0 aromatic carbocycles. The normalized spacial score (nSPS) is 11.8. The Morgan fingerprint density at radius 1 is 1.44 bits per heavy atom. The van der Waals surface area contributed by atoms with E-state index in [1.54, 1.807) is 29.9 Å². The van der Waals surface area contributed by atoms with Crippen LogP contribution in [0.3, 0.4) is 0 Å². The van der Waals surface area contributed by atoms with Crippen LogP contribution in [-0.4, -0.2) is 21.7 Å². The Kier molecular flexibility index (Phi) is 3.38. The average molecular weight is 236 g/mol. The minimum Gasteiger partial charge on any atom is -0.389 e. The fraction of sp³-hybridized carbons (Fsp3) is 0.0909. The predicted molar refractivity (Wildman–Crippen MR) is 61.5 cm³/mol. The van der Waals surface area contributed by atoms with Crippen LogP contribution >= 0.6 is 11.3 Å². The molecule has 0 atom stereocenters. The molecule has 0 aliphatic carbocycles. The van der Waals surface area contributed by atoms with E-state index in [2.05, 4.69) is 9.97 Å². The highest BCUT2D eigenvalue weighted by Crippen LogP contribution is 2.25. The van der Waals surface area contributed by atoms with Gasteiger partial charge in [-0.15, -0.1) is 11.3 Å². The van der Waals surface area contributed by atoms with Crippen LogP contribution in [0.25, 0.3) is 16.8 Å². The molecule has 0 unspecified atom stereocenters. The summed E-state index contributed by atoms with van der Waals surface area (Å²) >= 11 is 1.44. The van der Waals surface area contributed by atoms with Crippen molar-refractivity contribution in [2.75, 3.05) is 6.61 Å². The molecular weight excluding hydrogens is 227 g/mol. The first-order valence-electron chi connectivity index (χ1n) is 4.62. The minimum atomic E-state index is -0.576. The Bertz CT molecular complexity index is 496. The van der Waals surface area contributed by atoms with E-state index >= 15 is 0 Å². The van der Waals surface area contributed by atoms with Crippen LogP contribution in [-0.2, 0) is 0 Å². The summed E-state index contributed by atoms with van der Waals surface area (Å²) in [6.45, 7) is -0.576. The van der Waals surface area contributed by atoms with Crippen LogP contribution in [0.1, 0.15) is 5.56 Å². The second-order valence-electron chi connectivity index (χ2n) is 3.07. The highest BCUT2D eigenvalue weighted by molar-refractivity contribution is 7.13. The van der Waals surface area contributed by atoms with E-state index in [0.717, 1.165) is 4.88 Å². The van der Waals surface area contributed by atoms with E-state index in [-0.39, 0.29) is 0 Å². The van der Waals surface area contributed by atoms with Crippen molar-refractivity contribution in [2.45, 2.75) is 0 Å². The molecule has 2 aromatic heterocycles. The van der Waals surface area contributed by atoms with Crippen LogP contribution in [0.5, 0.6) is 0 Å². The predicted octanol–water partition coefficient (Wildman–Crippen LogP) is 2.51. The van der Waals surface area contributed by atoms with Gasteiger partial charge in [-0.3, -0.25) is 0 Å². The summed E-state index contributed by atoms with van der Waals surface area (Å²) in [5.41, 5.74) is 0.707. The molecule has 2 aromatic rings. The van der Waals surface area contributed by atoms with Gasteiger partial charge < -0.3 is 5.11 Å². The molecule has 0 saturated carbocycles. The fourth-order valence-electron chi connectivity index (χ4n) is 1.20. The molecule has 0 amide bonds. The number of aliphatic hydroxyl groups excluding tert-OH is 1. The van der Waals surface area contributed by atoms with Crippen molar-refractivity contribution in [3.05, 3.63) is 41.3 Å². The van der Waals surface area contributed by atoms with Gasteiger partial charge in [0.05, 0.1) is 11.5 Å². The molecular formula is C11H9FN2OS. The van der Waals surface area contributed by atoms with Crippen molar-refractivity contribution in [1.82, 2.24) is 9.97 Å². The molecule has 82 valence electrons. The first-order valence-corrected chi connectivity index (χ1v) is 5.50. The molecule has 0 fully saturated rings. The lowest BCUT2D eigenvalue weighted by Crippen LogP contribution is -1.83. The monoisotopic (exact) mass is 236 g/mol. The van der Waals surface area contributed by atoms with Crippen molar-refractivity contribution in [1.29, 1.82) is 0 Å². The summed E-state index contributed by atoms with van der Waals surface area (Å²) in [7, 11) is 0. The second-order valence-corrected chi connectivity index (χ2v) is 3.98. The lowest BCUT2D eigenvalue weighted by Gasteiger charge is -1.92. The van der Waals surface area contributed by atoms with E-state index < -0.39 is 12.4 Å². The highest BCUT2D eigenvalue weighted by atomic mass is 32.1. The Balaban J connectivity index is 2.27. The quantitative estimate of drug-likeness (QED) is 0.890. The summed E-state index contributed by atoms with van der Waals surface area (Å²) in [4.78, 5) is 9.07. The molecule has 0 bridgehead atoms. The maximum atomic E-state index is 12.8. The Hall–Kier alpha value is -1.59. The number of thiophene rings is 1. The van der Waals surface area contributed by atoms with Crippen molar-refractivity contribution < 1.29 is 9.50 Å². The van der Waals surface area contributed by atoms with Gasteiger partial charge in [-0.05, 0) is 29.2 Å². The molecule has 16 heavy (non-hydrogen) atoms. The van der Waals surface area contributed by atoms with Gasteiger partial charge in [0, 0.05) is 12.4 Å². The zero-order valence-corrected chi connectivity index (χ0v) is 9.12. The van der Waals surface area contributed by atoms with Gasteiger partial charge in [0.15, 0.2) is 5.82 Å². The van der Waals surface area contributed by atoms with E-state index in [4.69, 9.17) is 5.11 Å². The SMILES string of the molecule is OC/C(F)=C\c1csc(-c2ncccn2)c1. The molecule has 5 heteroatoms. The van der Waals surface area contributed by atoms with Crippen molar-refractivity contribution in [3.8, 4) is 10.7 Å². The maximum Gasteiger partial charge on any atom is 0.169 e. The van der Waals surface area contributed by atoms with Gasteiger partial charge in [-0.1, -0.05) is 0 Å². The minimum absolute atomic E-state index is 0.557. The number of nitrogens with zero attached hydrogens (tertiary/aromatic N) is 2. The first kappa shape index (κ1) is 10.9. The number of hydrogen-bond donors (Lipinski definition) is 1. The third kappa shape index (κ3) is 2.50. The molecule has 1 N–H and O–H groups in total. The highest BCUT2D eigenvalue weighted by Gasteiger charge is 2.03. The van der Waals surface area contributed by atoms with E-state index in [9.17, 15) is 4.39 Å². The topological polar surface area (TPSA) is 46.0 Å². The summed E-state index contributed by atoms with van der Waals surface area (Å²) in [6, 6.07) is 3.53. The summed E-state index contributed by atoms with van der Waals surface area (Å²) in [5.74, 6) is 0.0647.